The smallest absolute Gasteiger partial charge is 0.172 e. The molecule has 2 N–H and O–H groups in total. The van der Waals surface area contributed by atoms with Crippen LogP contribution in [0.1, 0.15) is 17.3 Å². The summed E-state index contributed by atoms with van der Waals surface area (Å²) in [6, 6.07) is 2.50. The van der Waals surface area contributed by atoms with Gasteiger partial charge in [0, 0.05) is 6.07 Å². The molecule has 0 radical (unpaired) electrons. The van der Waals surface area contributed by atoms with Crippen LogP contribution in [0.2, 0.25) is 0 Å². The van der Waals surface area contributed by atoms with E-state index < -0.39 is 0 Å². The summed E-state index contributed by atoms with van der Waals surface area (Å²) < 4.78 is 5.25. The van der Waals surface area contributed by atoms with Crippen LogP contribution in [0.3, 0.4) is 0 Å². The Balaban J connectivity index is 2.56. The number of phenolic OH excluding ortho intramolecular Hbond substituents is 2. The molecule has 0 saturated carbocycles. The number of benzene rings is 1. The van der Waals surface area contributed by atoms with Crippen LogP contribution >= 0.6 is 0 Å². The van der Waals surface area contributed by atoms with Gasteiger partial charge in [-0.25, -0.2) is 0 Å². The third kappa shape index (κ3) is 1.19. The van der Waals surface area contributed by atoms with Crippen LogP contribution in [0.5, 0.6) is 17.2 Å². The van der Waals surface area contributed by atoms with E-state index in [2.05, 4.69) is 0 Å². The Labute approximate surface area is 80.7 Å². The molecule has 1 aromatic carbocycles. The van der Waals surface area contributed by atoms with E-state index in [-0.39, 0.29) is 23.2 Å². The van der Waals surface area contributed by atoms with Crippen molar-refractivity contribution in [3.63, 3.8) is 0 Å². The van der Waals surface area contributed by atoms with Crippen LogP contribution in [0, 0.1) is 5.92 Å². The van der Waals surface area contributed by atoms with Gasteiger partial charge in [0.15, 0.2) is 17.3 Å². The van der Waals surface area contributed by atoms with Gasteiger partial charge in [-0.3, -0.25) is 4.79 Å². The first kappa shape index (κ1) is 8.87. The summed E-state index contributed by atoms with van der Waals surface area (Å²) >= 11 is 0. The first-order valence-corrected chi connectivity index (χ1v) is 4.32. The van der Waals surface area contributed by atoms with Crippen LogP contribution in [0.4, 0.5) is 0 Å². The van der Waals surface area contributed by atoms with Crippen LogP contribution in [0.15, 0.2) is 12.1 Å². The van der Waals surface area contributed by atoms with Gasteiger partial charge in [0.25, 0.3) is 0 Å². The SMILES string of the molecule is CC1COc2cc(O)c(O)cc2C1=O. The van der Waals surface area contributed by atoms with Crippen molar-refractivity contribution >= 4 is 5.78 Å². The van der Waals surface area contributed by atoms with Crippen molar-refractivity contribution in [1.29, 1.82) is 0 Å². The van der Waals surface area contributed by atoms with Gasteiger partial charge in [0.05, 0.1) is 18.1 Å². The molecular formula is C10H10O4. The van der Waals surface area contributed by atoms with Crippen LogP contribution < -0.4 is 4.74 Å². The summed E-state index contributed by atoms with van der Waals surface area (Å²) in [6.07, 6.45) is 0. The molecule has 0 saturated heterocycles. The number of fused-ring (bicyclic) bond motifs is 1. The Morgan fingerprint density at radius 1 is 1.36 bits per heavy atom. The zero-order valence-corrected chi connectivity index (χ0v) is 7.65. The molecule has 1 aromatic rings. The van der Waals surface area contributed by atoms with Crippen LogP contribution in [0.25, 0.3) is 0 Å². The summed E-state index contributed by atoms with van der Waals surface area (Å²) in [4.78, 5) is 11.6. The second-order valence-corrected chi connectivity index (χ2v) is 3.41. The van der Waals surface area contributed by atoms with E-state index in [9.17, 15) is 15.0 Å². The average Bonchev–Trinajstić information content (AvgIpc) is 2.15. The van der Waals surface area contributed by atoms with Crippen molar-refractivity contribution in [3.05, 3.63) is 17.7 Å². The van der Waals surface area contributed by atoms with Crippen molar-refractivity contribution in [1.82, 2.24) is 0 Å². The van der Waals surface area contributed by atoms with E-state index in [4.69, 9.17) is 4.74 Å². The molecule has 0 aromatic heterocycles. The zero-order chi connectivity index (χ0) is 10.3. The minimum absolute atomic E-state index is 0.0680. The molecule has 1 unspecified atom stereocenters. The molecule has 1 aliphatic rings. The normalized spacial score (nSPS) is 20.1. The van der Waals surface area contributed by atoms with Crippen molar-refractivity contribution < 1.29 is 19.7 Å². The molecule has 2 rings (SSSR count). The van der Waals surface area contributed by atoms with Gasteiger partial charge in [0.2, 0.25) is 0 Å². The largest absolute Gasteiger partial charge is 0.504 e. The molecule has 0 spiro atoms. The maximum absolute atomic E-state index is 11.6. The van der Waals surface area contributed by atoms with Gasteiger partial charge < -0.3 is 14.9 Å². The Morgan fingerprint density at radius 2 is 2.00 bits per heavy atom. The molecule has 0 bridgehead atoms. The molecule has 1 atom stereocenters. The molecular weight excluding hydrogens is 184 g/mol. The molecule has 14 heavy (non-hydrogen) atoms. The Morgan fingerprint density at radius 3 is 2.71 bits per heavy atom. The van der Waals surface area contributed by atoms with Crippen molar-refractivity contribution in [3.8, 4) is 17.2 Å². The van der Waals surface area contributed by atoms with Gasteiger partial charge in [-0.1, -0.05) is 6.92 Å². The number of carbonyl (C=O) groups excluding carboxylic acids is 1. The highest BCUT2D eigenvalue weighted by Gasteiger charge is 2.26. The molecule has 0 aliphatic carbocycles. The number of ketones is 1. The van der Waals surface area contributed by atoms with Gasteiger partial charge >= 0.3 is 0 Å². The lowest BCUT2D eigenvalue weighted by Crippen LogP contribution is -2.25. The molecule has 0 fully saturated rings. The van der Waals surface area contributed by atoms with Gasteiger partial charge in [-0.15, -0.1) is 0 Å². The maximum atomic E-state index is 11.6. The molecule has 0 amide bonds. The number of ether oxygens (including phenoxy) is 1. The summed E-state index contributed by atoms with van der Waals surface area (Å²) in [5, 5.41) is 18.4. The van der Waals surface area contributed by atoms with E-state index in [1.807, 2.05) is 0 Å². The first-order chi connectivity index (χ1) is 6.59. The summed E-state index contributed by atoms with van der Waals surface area (Å²) in [7, 11) is 0. The highest BCUT2D eigenvalue weighted by molar-refractivity contribution is 6.01. The molecule has 1 aliphatic heterocycles. The molecule has 74 valence electrons. The average molecular weight is 194 g/mol. The van der Waals surface area contributed by atoms with E-state index in [1.54, 1.807) is 6.92 Å². The van der Waals surface area contributed by atoms with Crippen molar-refractivity contribution in [2.24, 2.45) is 5.92 Å². The predicted octanol–water partition coefficient (Wildman–Crippen LogP) is 1.31. The monoisotopic (exact) mass is 194 g/mol. The number of carbonyl (C=O) groups is 1. The highest BCUT2D eigenvalue weighted by Crippen LogP contribution is 2.36. The van der Waals surface area contributed by atoms with E-state index in [1.165, 1.54) is 12.1 Å². The zero-order valence-electron chi connectivity index (χ0n) is 7.65. The van der Waals surface area contributed by atoms with Crippen LogP contribution in [-0.4, -0.2) is 22.6 Å². The Hall–Kier alpha value is -1.71. The summed E-state index contributed by atoms with van der Waals surface area (Å²) in [6.45, 7) is 2.07. The molecule has 4 heteroatoms. The fourth-order valence-electron chi connectivity index (χ4n) is 1.43. The first-order valence-electron chi connectivity index (χ1n) is 4.32. The van der Waals surface area contributed by atoms with Crippen molar-refractivity contribution in [2.45, 2.75) is 6.92 Å². The summed E-state index contributed by atoms with van der Waals surface area (Å²) in [5.41, 5.74) is 0.332. The lowest BCUT2D eigenvalue weighted by molar-refractivity contribution is 0.0847. The van der Waals surface area contributed by atoms with Crippen molar-refractivity contribution in [2.75, 3.05) is 6.61 Å². The predicted molar refractivity (Wildman–Crippen MR) is 48.8 cm³/mol. The Bertz CT molecular complexity index is 397. The van der Waals surface area contributed by atoms with Gasteiger partial charge in [-0.05, 0) is 6.07 Å². The number of phenols is 2. The number of hydrogen-bond donors (Lipinski definition) is 2. The third-order valence-electron chi connectivity index (χ3n) is 2.28. The Kier molecular flexibility index (Phi) is 1.84. The third-order valence-corrected chi connectivity index (χ3v) is 2.28. The maximum Gasteiger partial charge on any atom is 0.172 e. The van der Waals surface area contributed by atoms with E-state index in [0.717, 1.165) is 0 Å². The fourth-order valence-corrected chi connectivity index (χ4v) is 1.43. The quantitative estimate of drug-likeness (QED) is 0.611. The number of rotatable bonds is 0. The van der Waals surface area contributed by atoms with Gasteiger partial charge in [0.1, 0.15) is 5.75 Å². The summed E-state index contributed by atoms with van der Waals surface area (Å²) in [5.74, 6) is -0.503. The topological polar surface area (TPSA) is 66.8 Å². The van der Waals surface area contributed by atoms with E-state index in [0.29, 0.717) is 17.9 Å². The van der Waals surface area contributed by atoms with Gasteiger partial charge in [-0.2, -0.15) is 0 Å². The van der Waals surface area contributed by atoms with Crippen LogP contribution in [-0.2, 0) is 0 Å². The molecule has 4 nitrogen and oxygen atoms in total. The number of hydrogen-bond acceptors (Lipinski definition) is 4. The number of Topliss-reactive ketones (excluding diaryl/α,β-unsaturated/α-hetero) is 1. The van der Waals surface area contributed by atoms with E-state index >= 15 is 0 Å². The second kappa shape index (κ2) is 2.90. The lowest BCUT2D eigenvalue weighted by atomic mass is 9.96. The molecule has 1 heterocycles. The second-order valence-electron chi connectivity index (χ2n) is 3.41. The minimum Gasteiger partial charge on any atom is -0.504 e. The lowest BCUT2D eigenvalue weighted by Gasteiger charge is -2.21. The minimum atomic E-state index is -0.296. The fraction of sp³-hybridized carbons (Fsp3) is 0.300. The highest BCUT2D eigenvalue weighted by atomic mass is 16.5. The number of aromatic hydroxyl groups is 2. The standard InChI is InChI=1S/C10H10O4/c1-5-4-14-9-3-8(12)7(11)2-6(9)10(5)13/h2-3,5,11-12H,4H2,1H3.